The molecule has 292 valence electrons. The van der Waals surface area contributed by atoms with Gasteiger partial charge in [0.15, 0.2) is 11.6 Å². The SMILES string of the molecule is CC[C@H](C)[C@H](N)C(=O)c1nc(C2=CC=CCO2)c(C[C@](C)(N)C(=O)N(CC(=O)[C@@H](N)Cc2ccccc2)C(=O)C(C[C@H](O)[C@@H](N)CC(C)C)C(C)C)[nH]1. The summed E-state index contributed by atoms with van der Waals surface area (Å²) in [5, 5.41) is 11.1. The number of carbonyl (C=O) groups is 4. The number of ether oxygens (including phenoxy) is 1. The molecule has 0 fully saturated rings. The van der Waals surface area contributed by atoms with Crippen LogP contribution in [0.5, 0.6) is 0 Å². The van der Waals surface area contributed by atoms with Crippen LogP contribution in [-0.4, -0.2) is 86.3 Å². The van der Waals surface area contributed by atoms with Crippen LogP contribution in [0.1, 0.15) is 95.3 Å². The van der Waals surface area contributed by atoms with Crippen molar-refractivity contribution in [3.63, 3.8) is 0 Å². The number of aromatic amines is 1. The van der Waals surface area contributed by atoms with Gasteiger partial charge in [-0.2, -0.15) is 0 Å². The highest BCUT2D eigenvalue weighted by Gasteiger charge is 2.42. The zero-order valence-corrected chi connectivity index (χ0v) is 32.4. The molecule has 2 amide bonds. The fourth-order valence-electron chi connectivity index (χ4n) is 6.32. The Kier molecular flexibility index (Phi) is 15.8. The topological polar surface area (TPSA) is 234 Å². The van der Waals surface area contributed by atoms with E-state index in [1.165, 1.54) is 6.92 Å². The number of carbonyl (C=O) groups excluding carboxylic acids is 4. The van der Waals surface area contributed by atoms with E-state index in [9.17, 15) is 24.3 Å². The standard InChI is InChI=1S/C40H61N7O6/c1-8-25(6)34(43)36(50)37-45-30(35(46-37)33-16-12-13-17-53-33)21-40(7,44)39(52)47(22-32(49)29(42)19-26-14-10-9-11-15-26)38(51)27(24(4)5)20-31(48)28(41)18-23(2)3/h9-16,23-25,27-29,31,34,48H,8,17-22,41-44H2,1-7H3,(H,45,46)/t25-,27?,28-,29-,31-,34-,40-/m0/s1. The minimum absolute atomic E-state index is 0.00769. The third kappa shape index (κ3) is 11.7. The van der Waals surface area contributed by atoms with Gasteiger partial charge in [-0.25, -0.2) is 4.98 Å². The predicted octanol–water partition coefficient (Wildman–Crippen LogP) is 3.04. The molecule has 13 heteroatoms. The maximum absolute atomic E-state index is 14.6. The first-order valence-corrected chi connectivity index (χ1v) is 18.7. The van der Waals surface area contributed by atoms with Gasteiger partial charge in [0.25, 0.3) is 0 Å². The van der Waals surface area contributed by atoms with Crippen molar-refractivity contribution in [2.45, 2.75) is 110 Å². The molecule has 0 saturated carbocycles. The molecule has 2 heterocycles. The highest BCUT2D eigenvalue weighted by Crippen LogP contribution is 2.28. The Morgan fingerprint density at radius 1 is 1.04 bits per heavy atom. The largest absolute Gasteiger partial charge is 0.487 e. The fourth-order valence-corrected chi connectivity index (χ4v) is 6.32. The van der Waals surface area contributed by atoms with Crippen LogP contribution < -0.4 is 22.9 Å². The normalized spacial score (nSPS) is 17.6. The van der Waals surface area contributed by atoms with E-state index in [0.717, 1.165) is 10.5 Å². The molecular formula is C40H61N7O6. The lowest BCUT2D eigenvalue weighted by atomic mass is 9.84. The number of aromatic nitrogens is 2. The summed E-state index contributed by atoms with van der Waals surface area (Å²) in [5.41, 5.74) is 25.4. The van der Waals surface area contributed by atoms with E-state index >= 15 is 0 Å². The molecule has 1 aromatic carbocycles. The van der Waals surface area contributed by atoms with Crippen molar-refractivity contribution in [2.24, 2.45) is 46.6 Å². The van der Waals surface area contributed by atoms with Gasteiger partial charge < -0.3 is 37.8 Å². The van der Waals surface area contributed by atoms with Gasteiger partial charge in [0, 0.05) is 24.1 Å². The van der Waals surface area contributed by atoms with E-state index in [1.807, 2.05) is 71.9 Å². The van der Waals surface area contributed by atoms with Crippen molar-refractivity contribution in [1.82, 2.24) is 14.9 Å². The molecule has 1 aromatic heterocycles. The molecule has 1 unspecified atom stereocenters. The van der Waals surface area contributed by atoms with Crippen LogP contribution in [0.25, 0.3) is 5.76 Å². The number of nitrogens with one attached hydrogen (secondary N) is 1. The predicted molar refractivity (Wildman–Crippen MR) is 206 cm³/mol. The summed E-state index contributed by atoms with van der Waals surface area (Å²) in [7, 11) is 0. The smallest absolute Gasteiger partial charge is 0.249 e. The van der Waals surface area contributed by atoms with Gasteiger partial charge in [-0.15, -0.1) is 0 Å². The molecule has 0 saturated heterocycles. The molecule has 7 atom stereocenters. The second-order valence-corrected chi connectivity index (χ2v) is 15.5. The molecule has 0 aliphatic carbocycles. The van der Waals surface area contributed by atoms with Crippen LogP contribution >= 0.6 is 0 Å². The minimum atomic E-state index is -1.81. The van der Waals surface area contributed by atoms with E-state index in [2.05, 4.69) is 9.97 Å². The summed E-state index contributed by atoms with van der Waals surface area (Å²) in [6.45, 7) is 12.5. The van der Waals surface area contributed by atoms with Crippen molar-refractivity contribution in [2.75, 3.05) is 13.2 Å². The highest BCUT2D eigenvalue weighted by atomic mass is 16.5. The number of aliphatic hydroxyl groups excluding tert-OH is 1. The van der Waals surface area contributed by atoms with Gasteiger partial charge in [-0.3, -0.25) is 24.1 Å². The monoisotopic (exact) mass is 735 g/mol. The lowest BCUT2D eigenvalue weighted by Crippen LogP contribution is -2.60. The number of benzene rings is 1. The fraction of sp³-hybridized carbons (Fsp3) is 0.575. The Morgan fingerprint density at radius 3 is 2.26 bits per heavy atom. The van der Waals surface area contributed by atoms with Crippen LogP contribution in [0.4, 0.5) is 0 Å². The number of imide groups is 1. The highest BCUT2D eigenvalue weighted by molar-refractivity contribution is 6.04. The van der Waals surface area contributed by atoms with Crippen molar-refractivity contribution >= 4 is 29.1 Å². The molecule has 1 aliphatic heterocycles. The number of aliphatic hydroxyl groups is 1. The van der Waals surface area contributed by atoms with Gasteiger partial charge in [0.2, 0.25) is 17.6 Å². The quantitative estimate of drug-likeness (QED) is 0.108. The molecule has 2 aromatic rings. The number of nitrogens with two attached hydrogens (primary N) is 4. The maximum atomic E-state index is 14.6. The van der Waals surface area contributed by atoms with Crippen molar-refractivity contribution in [3.8, 4) is 0 Å². The zero-order valence-electron chi connectivity index (χ0n) is 32.4. The third-order valence-corrected chi connectivity index (χ3v) is 9.95. The molecular weight excluding hydrogens is 674 g/mol. The maximum Gasteiger partial charge on any atom is 0.249 e. The molecule has 53 heavy (non-hydrogen) atoms. The molecule has 3 rings (SSSR count). The van der Waals surface area contributed by atoms with Gasteiger partial charge in [-0.1, -0.05) is 84.4 Å². The summed E-state index contributed by atoms with van der Waals surface area (Å²) in [6.07, 6.45) is 5.41. The first kappa shape index (κ1) is 43.4. The van der Waals surface area contributed by atoms with E-state index in [-0.39, 0.29) is 55.1 Å². The first-order valence-electron chi connectivity index (χ1n) is 18.7. The number of H-pyrrole nitrogens is 1. The molecule has 0 radical (unpaired) electrons. The first-order chi connectivity index (χ1) is 24.9. The second-order valence-electron chi connectivity index (χ2n) is 15.5. The number of imidazole rings is 1. The summed E-state index contributed by atoms with van der Waals surface area (Å²) in [5.74, 6) is -3.20. The number of nitrogens with zero attached hydrogens (tertiary/aromatic N) is 2. The number of ketones is 2. The van der Waals surface area contributed by atoms with Gasteiger partial charge in [0.05, 0.1) is 30.3 Å². The third-order valence-electron chi connectivity index (χ3n) is 9.95. The van der Waals surface area contributed by atoms with Crippen LogP contribution in [0.3, 0.4) is 0 Å². The summed E-state index contributed by atoms with van der Waals surface area (Å²) < 4.78 is 5.82. The Bertz CT molecular complexity index is 1620. The Hall–Kier alpha value is -4.01. The van der Waals surface area contributed by atoms with Crippen molar-refractivity contribution in [3.05, 3.63) is 71.3 Å². The summed E-state index contributed by atoms with van der Waals surface area (Å²) in [4.78, 5) is 64.7. The number of Topliss-reactive ketones (excluding diaryl/α,β-unsaturated/α-hetero) is 2. The van der Waals surface area contributed by atoms with Crippen LogP contribution in [0.15, 0.2) is 48.6 Å². The number of hydrogen-bond donors (Lipinski definition) is 6. The number of amides is 2. The van der Waals surface area contributed by atoms with Crippen molar-refractivity contribution < 1.29 is 29.0 Å². The van der Waals surface area contributed by atoms with E-state index in [4.69, 9.17) is 27.7 Å². The molecule has 10 N–H and O–H groups in total. The van der Waals surface area contributed by atoms with Gasteiger partial charge in [-0.05, 0) is 61.7 Å². The molecule has 1 aliphatic rings. The molecule has 0 spiro atoms. The van der Waals surface area contributed by atoms with Gasteiger partial charge in [0.1, 0.15) is 18.1 Å². The minimum Gasteiger partial charge on any atom is -0.487 e. The van der Waals surface area contributed by atoms with E-state index in [1.54, 1.807) is 18.2 Å². The number of rotatable bonds is 20. The second kappa shape index (κ2) is 19.4. The Morgan fingerprint density at radius 2 is 1.70 bits per heavy atom. The lowest BCUT2D eigenvalue weighted by molar-refractivity contribution is -0.154. The lowest BCUT2D eigenvalue weighted by Gasteiger charge is -2.35. The van der Waals surface area contributed by atoms with E-state index < -0.39 is 65.6 Å². The average Bonchev–Trinajstić information content (AvgIpc) is 3.54. The Labute approximate surface area is 314 Å². The number of hydrogen-bond acceptors (Lipinski definition) is 11. The van der Waals surface area contributed by atoms with Crippen molar-refractivity contribution in [1.29, 1.82) is 0 Å². The summed E-state index contributed by atoms with van der Waals surface area (Å²) >= 11 is 0. The molecule has 0 bridgehead atoms. The van der Waals surface area contributed by atoms with E-state index in [0.29, 0.717) is 24.3 Å². The van der Waals surface area contributed by atoms with Gasteiger partial charge >= 0.3 is 0 Å². The zero-order chi connectivity index (χ0) is 39.6. The van der Waals surface area contributed by atoms with Crippen LogP contribution in [-0.2, 0) is 32.0 Å². The van der Waals surface area contributed by atoms with Crippen LogP contribution in [0.2, 0.25) is 0 Å². The summed E-state index contributed by atoms with van der Waals surface area (Å²) in [6, 6.07) is 6.76. The average molecular weight is 736 g/mol. The Balaban J connectivity index is 2.03. The number of allylic oxidation sites excluding steroid dienone is 2. The molecule has 13 nitrogen and oxygen atoms in total. The van der Waals surface area contributed by atoms with Crippen LogP contribution in [0, 0.1) is 23.7 Å².